The van der Waals surface area contributed by atoms with Crippen LogP contribution in [-0.4, -0.2) is 94.8 Å². The molecule has 9 nitrogen and oxygen atoms in total. The number of carboxylic acids is 1. The molecule has 0 aromatic heterocycles. The Balaban J connectivity index is 2.25. The monoisotopic (exact) mass is 506 g/mol. The lowest BCUT2D eigenvalue weighted by atomic mass is 9.84. The number of aliphatic carboxylic acids is 1. The highest BCUT2D eigenvalue weighted by Crippen LogP contribution is 2.26. The van der Waals surface area contributed by atoms with Crippen molar-refractivity contribution in [2.75, 3.05) is 27.2 Å². The van der Waals surface area contributed by atoms with Crippen LogP contribution in [0.25, 0.3) is 0 Å². The van der Waals surface area contributed by atoms with Crippen LogP contribution in [0.4, 0.5) is 0 Å². The summed E-state index contributed by atoms with van der Waals surface area (Å²) in [6.07, 6.45) is 5.70. The van der Waals surface area contributed by atoms with Crippen molar-refractivity contribution in [1.29, 1.82) is 0 Å². The van der Waals surface area contributed by atoms with E-state index in [1.165, 1.54) is 4.90 Å². The highest BCUT2D eigenvalue weighted by atomic mass is 16.4. The highest BCUT2D eigenvalue weighted by Gasteiger charge is 2.39. The van der Waals surface area contributed by atoms with Crippen molar-refractivity contribution in [1.82, 2.24) is 20.0 Å². The summed E-state index contributed by atoms with van der Waals surface area (Å²) in [4.78, 5) is 56.6. The second-order valence-electron chi connectivity index (χ2n) is 11.8. The first-order valence-corrected chi connectivity index (χ1v) is 13.2. The third-order valence-corrected chi connectivity index (χ3v) is 7.51. The lowest BCUT2D eigenvalue weighted by Crippen LogP contribution is -2.59. The molecular weight excluding hydrogens is 460 g/mol. The maximum absolute atomic E-state index is 13.8. The van der Waals surface area contributed by atoms with Crippen molar-refractivity contribution in [3.63, 3.8) is 0 Å². The zero-order chi connectivity index (χ0) is 27.4. The number of likely N-dealkylation sites (tertiary alicyclic amines) is 2. The Morgan fingerprint density at radius 2 is 1.64 bits per heavy atom. The number of hydrogen-bond donors (Lipinski definition) is 2. The Morgan fingerprint density at radius 3 is 2.17 bits per heavy atom. The number of likely N-dealkylation sites (N-methyl/N-ethyl adjacent to an activating group) is 2. The predicted molar refractivity (Wildman–Crippen MR) is 139 cm³/mol. The molecule has 2 heterocycles. The van der Waals surface area contributed by atoms with Crippen LogP contribution in [0.3, 0.4) is 0 Å². The first-order valence-electron chi connectivity index (χ1n) is 13.2. The summed E-state index contributed by atoms with van der Waals surface area (Å²) in [5.41, 5.74) is -0.101. The van der Waals surface area contributed by atoms with Gasteiger partial charge in [-0.05, 0) is 57.5 Å². The lowest BCUT2D eigenvalue weighted by molar-refractivity contribution is -0.146. The van der Waals surface area contributed by atoms with E-state index in [0.29, 0.717) is 25.0 Å². The highest BCUT2D eigenvalue weighted by molar-refractivity contribution is 5.96. The van der Waals surface area contributed by atoms with E-state index < -0.39 is 29.5 Å². The average Bonchev–Trinajstić information content (AvgIpc) is 3.29. The summed E-state index contributed by atoms with van der Waals surface area (Å²) in [6.45, 7) is 12.7. The van der Waals surface area contributed by atoms with Crippen molar-refractivity contribution < 1.29 is 24.3 Å². The van der Waals surface area contributed by atoms with Gasteiger partial charge < -0.3 is 20.2 Å². The summed E-state index contributed by atoms with van der Waals surface area (Å²) in [6, 6.07) is -2.18. The molecule has 2 aliphatic rings. The van der Waals surface area contributed by atoms with Gasteiger partial charge in [0.05, 0.1) is 12.1 Å². The van der Waals surface area contributed by atoms with E-state index in [0.717, 1.165) is 25.8 Å². The fourth-order valence-electron chi connectivity index (χ4n) is 5.22. The summed E-state index contributed by atoms with van der Waals surface area (Å²) in [7, 11) is 3.65. The van der Waals surface area contributed by atoms with Crippen LogP contribution in [0.2, 0.25) is 0 Å². The Hall–Kier alpha value is -2.42. The molecule has 204 valence electrons. The number of carbonyl (C=O) groups is 4. The number of carbonyl (C=O) groups excluding carboxylic acids is 3. The maximum Gasteiger partial charge on any atom is 0.326 e. The first kappa shape index (κ1) is 29.8. The summed E-state index contributed by atoms with van der Waals surface area (Å²) in [5, 5.41) is 12.5. The first-order chi connectivity index (χ1) is 16.7. The molecule has 0 bridgehead atoms. The minimum absolute atomic E-state index is 0.00338. The molecule has 0 spiro atoms. The van der Waals surface area contributed by atoms with Crippen molar-refractivity contribution in [2.24, 2.45) is 11.3 Å². The minimum Gasteiger partial charge on any atom is -0.480 e. The van der Waals surface area contributed by atoms with Crippen LogP contribution in [0, 0.1) is 11.3 Å². The zero-order valence-corrected chi connectivity index (χ0v) is 23.3. The number of nitrogens with one attached hydrogen (secondary N) is 1. The fourth-order valence-corrected chi connectivity index (χ4v) is 5.22. The number of nitrogens with zero attached hydrogens (tertiary/aromatic N) is 3. The van der Waals surface area contributed by atoms with Gasteiger partial charge in [0.1, 0.15) is 12.1 Å². The van der Waals surface area contributed by atoms with Gasteiger partial charge in [-0.25, -0.2) is 4.79 Å². The number of piperidine rings is 1. The van der Waals surface area contributed by atoms with Gasteiger partial charge in [0, 0.05) is 19.2 Å². The molecule has 2 rings (SSSR count). The zero-order valence-electron chi connectivity index (χ0n) is 23.3. The predicted octanol–water partition coefficient (Wildman–Crippen LogP) is 2.51. The molecule has 2 N–H and O–H groups in total. The lowest BCUT2D eigenvalue weighted by Gasteiger charge is -2.39. The molecule has 2 saturated heterocycles. The van der Waals surface area contributed by atoms with Gasteiger partial charge in [-0.15, -0.1) is 0 Å². The van der Waals surface area contributed by atoms with Gasteiger partial charge in [-0.3, -0.25) is 19.3 Å². The van der Waals surface area contributed by atoms with E-state index in [-0.39, 0.29) is 29.7 Å². The SMILES string of the molecule is C/C(=C\[C@H](C(C)C)N(C)C(=O)C(NC(=O)[C@H]1CCCCN1C)C(C)(C)C)C(=O)N1CCC[C@H]1C(=O)O. The third kappa shape index (κ3) is 7.08. The molecule has 4 atom stereocenters. The molecule has 2 aliphatic heterocycles. The maximum atomic E-state index is 13.8. The molecule has 1 unspecified atom stereocenters. The number of amides is 3. The molecule has 0 aliphatic carbocycles. The van der Waals surface area contributed by atoms with Crippen LogP contribution in [0.1, 0.15) is 73.6 Å². The minimum atomic E-state index is -0.992. The van der Waals surface area contributed by atoms with Crippen molar-refractivity contribution in [3.05, 3.63) is 11.6 Å². The topological polar surface area (TPSA) is 110 Å². The summed E-state index contributed by atoms with van der Waals surface area (Å²) in [5.74, 6) is -1.65. The Labute approximate surface area is 216 Å². The molecular formula is C27H46N4O5. The van der Waals surface area contributed by atoms with Crippen molar-refractivity contribution in [2.45, 2.75) is 97.8 Å². The van der Waals surface area contributed by atoms with Gasteiger partial charge in [0.15, 0.2) is 0 Å². The Morgan fingerprint density at radius 1 is 1.03 bits per heavy atom. The van der Waals surface area contributed by atoms with E-state index in [1.807, 2.05) is 46.6 Å². The largest absolute Gasteiger partial charge is 0.480 e. The smallest absolute Gasteiger partial charge is 0.326 e. The number of carboxylic acid groups (broad SMARTS) is 1. The van der Waals surface area contributed by atoms with Crippen LogP contribution in [-0.2, 0) is 19.2 Å². The Kier molecular flexibility index (Phi) is 10.1. The normalized spacial score (nSPS) is 23.4. The van der Waals surface area contributed by atoms with Gasteiger partial charge in [0.25, 0.3) is 0 Å². The van der Waals surface area contributed by atoms with Crippen LogP contribution < -0.4 is 5.32 Å². The van der Waals surface area contributed by atoms with E-state index in [2.05, 4.69) is 5.32 Å². The molecule has 2 fully saturated rings. The molecule has 0 saturated carbocycles. The standard InChI is InChI=1S/C27H46N4O5/c1-17(2)21(16-18(3)24(33)31-15-11-13-20(31)26(35)36)30(8)25(34)22(27(4,5)6)28-23(32)19-12-9-10-14-29(19)7/h16-17,19-22H,9-15H2,1-8H3,(H,28,32)(H,35,36)/b18-16+/t19-,20+,21-,22?/m1/s1. The molecule has 0 aromatic rings. The van der Waals surface area contributed by atoms with Crippen molar-refractivity contribution in [3.8, 4) is 0 Å². The summed E-state index contributed by atoms with van der Waals surface area (Å²) >= 11 is 0. The second kappa shape index (κ2) is 12.2. The van der Waals surface area contributed by atoms with Crippen LogP contribution >= 0.6 is 0 Å². The van der Waals surface area contributed by atoms with Crippen molar-refractivity contribution >= 4 is 23.7 Å². The van der Waals surface area contributed by atoms with Gasteiger partial charge in [-0.2, -0.15) is 0 Å². The molecule has 0 radical (unpaired) electrons. The van der Waals surface area contributed by atoms with Gasteiger partial charge >= 0.3 is 5.97 Å². The van der Waals surface area contributed by atoms with Crippen LogP contribution in [0.5, 0.6) is 0 Å². The quantitative estimate of drug-likeness (QED) is 0.490. The fraction of sp³-hybridized carbons (Fsp3) is 0.778. The van der Waals surface area contributed by atoms with Gasteiger partial charge in [-0.1, -0.05) is 47.1 Å². The second-order valence-corrected chi connectivity index (χ2v) is 11.8. The molecule has 3 amide bonds. The Bertz CT molecular complexity index is 863. The van der Waals surface area contributed by atoms with E-state index in [1.54, 1.807) is 24.9 Å². The van der Waals surface area contributed by atoms with E-state index in [4.69, 9.17) is 0 Å². The third-order valence-electron chi connectivity index (χ3n) is 7.51. The van der Waals surface area contributed by atoms with E-state index in [9.17, 15) is 24.3 Å². The average molecular weight is 507 g/mol. The summed E-state index contributed by atoms with van der Waals surface area (Å²) < 4.78 is 0. The van der Waals surface area contributed by atoms with Crippen LogP contribution in [0.15, 0.2) is 11.6 Å². The number of hydrogen-bond acceptors (Lipinski definition) is 5. The molecule has 36 heavy (non-hydrogen) atoms. The van der Waals surface area contributed by atoms with E-state index >= 15 is 0 Å². The van der Waals surface area contributed by atoms with Gasteiger partial charge in [0.2, 0.25) is 17.7 Å². The molecule has 9 heteroatoms. The number of rotatable bonds is 8. The molecule has 0 aromatic carbocycles.